The summed E-state index contributed by atoms with van der Waals surface area (Å²) in [6, 6.07) is 0. The number of allylic oxidation sites excluding steroid dienone is 3. The van der Waals surface area contributed by atoms with Crippen LogP contribution in [-0.4, -0.2) is 229 Å². The summed E-state index contributed by atoms with van der Waals surface area (Å²) in [4.78, 5) is 27.4. The molecular formula is C55H84Na3O28S2+. The Morgan fingerprint density at radius 1 is 0.739 bits per heavy atom. The first-order chi connectivity index (χ1) is 39.5. The molecule has 1 spiro atoms. The summed E-state index contributed by atoms with van der Waals surface area (Å²) in [6.45, 7) is 16.9. The molecule has 8 fully saturated rings. The van der Waals surface area contributed by atoms with E-state index >= 15 is 0 Å². The fourth-order valence-corrected chi connectivity index (χ4v) is 17.5. The number of carbonyl (C=O) groups is 2. The van der Waals surface area contributed by atoms with E-state index in [1.807, 2.05) is 27.7 Å². The molecule has 5 heterocycles. The molecular weight excluding hydrogens is 1240 g/mol. The standard InChI is InChI=1S/C55H86O28S2.3Na/c1-24(2)12-11-17-54(9)45-30(75-26(4)57)20-53(8)28-13-14-33-51(5,6)34(16-18-52(33,7)27(28)15-19-55(45,53)50(64)81-54)77-48-43(36(60)32(23-73-48)82-84(65,66)67)80-46-38(62)37(61)40(25(3)74-46)78-49-44(83-85(68,69)70)41(29(58)22-72-49)79-47-39(63)42(71-10)35(59)31(21-56)76-47;;;/h13,25,27,29-49,56,58-63H,1,11-12,14-23H2,2-10H3,(H,65,66,67)(H,68,69,70);;;/q;3*+1/p-2/t25-,27-,29-,30+,31-,32-,33?,34+,35-,36+,37-,38-,39-,40-,41+,42+,43-,44-,45-,46+,47+,48+,49+,52-,53+,54+,55-;;;/m1.../s1. The van der Waals surface area contributed by atoms with E-state index in [9.17, 15) is 71.3 Å². The van der Waals surface area contributed by atoms with E-state index in [1.54, 1.807) is 0 Å². The van der Waals surface area contributed by atoms with Gasteiger partial charge >= 0.3 is 101 Å². The number of methoxy groups -OCH3 is 1. The zero-order valence-corrected chi connectivity index (χ0v) is 59.7. The van der Waals surface area contributed by atoms with Gasteiger partial charge in [-0.1, -0.05) is 44.9 Å². The normalized spacial score (nSPS) is 46.4. The van der Waals surface area contributed by atoms with Gasteiger partial charge in [0, 0.05) is 19.4 Å². The molecule has 7 N–H and O–H groups in total. The van der Waals surface area contributed by atoms with Gasteiger partial charge in [-0.25, -0.2) is 16.8 Å². The summed E-state index contributed by atoms with van der Waals surface area (Å²) in [5.74, 6) is -1.15. The average molecular weight is 1330 g/mol. The molecule has 0 bridgehead atoms. The molecule has 0 amide bonds. The summed E-state index contributed by atoms with van der Waals surface area (Å²) < 4.78 is 147. The van der Waals surface area contributed by atoms with Gasteiger partial charge in [0.05, 0.1) is 43.4 Å². The quantitative estimate of drug-likeness (QED) is 0.0208. The minimum atomic E-state index is -5.71. The molecule has 0 aromatic carbocycles. The van der Waals surface area contributed by atoms with Crippen LogP contribution in [0.15, 0.2) is 23.8 Å². The van der Waals surface area contributed by atoms with Crippen molar-refractivity contribution in [2.24, 2.45) is 39.4 Å². The third-order valence-electron chi connectivity index (χ3n) is 20.4. The van der Waals surface area contributed by atoms with E-state index in [1.165, 1.54) is 13.8 Å². The molecule has 33 heteroatoms. The Labute approximate surface area is 579 Å². The summed E-state index contributed by atoms with van der Waals surface area (Å²) in [6.07, 6.45) is -26.4. The summed E-state index contributed by atoms with van der Waals surface area (Å²) in [5.41, 5.74) is -1.41. The van der Waals surface area contributed by atoms with Crippen molar-refractivity contribution in [2.75, 3.05) is 26.9 Å². The number of ether oxygens (including phenoxy) is 11. The fourth-order valence-electron chi connectivity index (χ4n) is 16.6. The average Bonchev–Trinajstić information content (AvgIpc) is 1.45. The van der Waals surface area contributed by atoms with Gasteiger partial charge in [0.15, 0.2) is 31.3 Å². The van der Waals surface area contributed by atoms with Crippen LogP contribution >= 0.6 is 0 Å². The summed E-state index contributed by atoms with van der Waals surface area (Å²) in [5, 5.41) is 77.5. The Bertz CT molecular complexity index is 2730. The van der Waals surface area contributed by atoms with Gasteiger partial charge in [-0.2, -0.15) is 0 Å². The molecule has 486 valence electrons. The molecule has 0 radical (unpaired) electrons. The Hall–Kier alpha value is 0.520. The van der Waals surface area contributed by atoms with Gasteiger partial charge in [0.2, 0.25) is 20.8 Å². The van der Waals surface area contributed by atoms with E-state index in [4.69, 9.17) is 56.3 Å². The number of fused-ring (bicyclic) bond motifs is 4. The van der Waals surface area contributed by atoms with Crippen molar-refractivity contribution >= 4 is 32.7 Å². The van der Waals surface area contributed by atoms with E-state index in [0.29, 0.717) is 44.9 Å². The van der Waals surface area contributed by atoms with Crippen molar-refractivity contribution in [3.8, 4) is 0 Å². The predicted molar refractivity (Wildman–Crippen MR) is 282 cm³/mol. The number of carbonyl (C=O) groups excluding carboxylic acids is 2. The molecule has 9 rings (SSSR count). The molecule has 4 aliphatic carbocycles. The van der Waals surface area contributed by atoms with E-state index < -0.39 is 191 Å². The Morgan fingerprint density at radius 2 is 1.35 bits per heavy atom. The number of cyclic esters (lactones) is 1. The largest absolute Gasteiger partial charge is 1.00 e. The first kappa shape index (κ1) is 77.5. The second kappa shape index (κ2) is 29.3. The van der Waals surface area contributed by atoms with Crippen LogP contribution in [0.5, 0.6) is 0 Å². The molecule has 9 aliphatic rings. The van der Waals surface area contributed by atoms with Crippen molar-refractivity contribution in [3.63, 3.8) is 0 Å². The Balaban J connectivity index is 0.00000412. The van der Waals surface area contributed by atoms with E-state index in [2.05, 4.69) is 30.7 Å². The van der Waals surface area contributed by atoms with Crippen molar-refractivity contribution in [2.45, 2.75) is 242 Å². The maximum atomic E-state index is 14.7. The number of esters is 2. The SMILES string of the molecule is C=C(C)CCC[C@]1(C)OC(=O)[C@]23CC[C@@H]4C(=CCC5C(C)(C)[C@@H](O[C@@H]6OC[C@@H](OS(=O)(=O)[O-])[C@H](O)[C@H]6O[C@@H]6O[C@H](C)[C@@H](O[C@@H]7OC[C@@H](O)[C@H](O[C@@H]8O[C@H](CO)[C@@H](O)[C@H](OC)[C@H]8O)[C@H]7OS(=O)(=O)[O-])[C@H](O)[C@H]6O)CC[C@@]54C)[C@]2(C)C[C@H](OC(C)=O)[C@@H]31.[Na+].[Na+].[Na+]. The first-order valence-corrected chi connectivity index (χ1v) is 31.6. The first-order valence-electron chi connectivity index (χ1n) is 29.0. The summed E-state index contributed by atoms with van der Waals surface area (Å²) in [7, 11) is -10.1. The van der Waals surface area contributed by atoms with Crippen LogP contribution in [0.4, 0.5) is 0 Å². The number of rotatable bonds is 19. The summed E-state index contributed by atoms with van der Waals surface area (Å²) >= 11 is 0. The van der Waals surface area contributed by atoms with Crippen molar-refractivity contribution < 1.29 is 220 Å². The minimum Gasteiger partial charge on any atom is -0.726 e. The van der Waals surface area contributed by atoms with Crippen molar-refractivity contribution in [1.82, 2.24) is 0 Å². The molecule has 0 aromatic rings. The maximum absolute atomic E-state index is 14.7. The maximum Gasteiger partial charge on any atom is 1.00 e. The van der Waals surface area contributed by atoms with Gasteiger partial charge in [-0.05, 0) is 101 Å². The fraction of sp³-hybridized carbons (Fsp3) is 0.891. The van der Waals surface area contributed by atoms with E-state index in [0.717, 1.165) is 31.1 Å². The predicted octanol–water partition coefficient (Wildman–Crippen LogP) is -9.23. The van der Waals surface area contributed by atoms with Crippen molar-refractivity contribution in [3.05, 3.63) is 23.8 Å². The minimum absolute atomic E-state index is 0. The van der Waals surface area contributed by atoms with Crippen LogP contribution in [0.1, 0.15) is 113 Å². The molecule has 0 aromatic heterocycles. The molecule has 5 saturated heterocycles. The second-order valence-electron chi connectivity index (χ2n) is 26.0. The van der Waals surface area contributed by atoms with Crippen LogP contribution < -0.4 is 88.7 Å². The van der Waals surface area contributed by atoms with Crippen LogP contribution in [0.3, 0.4) is 0 Å². The molecule has 5 aliphatic heterocycles. The van der Waals surface area contributed by atoms with Crippen LogP contribution in [-0.2, 0) is 90.9 Å². The number of aliphatic hydroxyl groups is 7. The van der Waals surface area contributed by atoms with Gasteiger partial charge in [-0.3, -0.25) is 18.0 Å². The Kier molecular flexibility index (Phi) is 25.8. The van der Waals surface area contributed by atoms with Gasteiger partial charge in [0.25, 0.3) is 0 Å². The molecule has 28 nitrogen and oxygen atoms in total. The number of hydrogen-bond acceptors (Lipinski definition) is 28. The smallest absolute Gasteiger partial charge is 0.726 e. The van der Waals surface area contributed by atoms with Gasteiger partial charge < -0.3 is 97.0 Å². The van der Waals surface area contributed by atoms with Crippen LogP contribution in [0.25, 0.3) is 0 Å². The van der Waals surface area contributed by atoms with Crippen LogP contribution in [0, 0.1) is 39.4 Å². The molecule has 3 saturated carbocycles. The number of aliphatic hydroxyl groups excluding tert-OH is 7. The van der Waals surface area contributed by atoms with Gasteiger partial charge in [0.1, 0.15) is 85.0 Å². The third kappa shape index (κ3) is 14.7. The zero-order chi connectivity index (χ0) is 62.5. The molecule has 1 unspecified atom stereocenters. The zero-order valence-electron chi connectivity index (χ0n) is 52.1. The van der Waals surface area contributed by atoms with E-state index in [-0.39, 0.29) is 118 Å². The monoisotopic (exact) mass is 1330 g/mol. The van der Waals surface area contributed by atoms with Crippen molar-refractivity contribution in [1.29, 1.82) is 0 Å². The van der Waals surface area contributed by atoms with Crippen LogP contribution in [0.2, 0.25) is 0 Å². The topological polar surface area (TPSA) is 410 Å². The molecule has 27 atom stereocenters. The Morgan fingerprint density at radius 3 is 1.97 bits per heavy atom. The number of hydrogen-bond donors (Lipinski definition) is 7. The van der Waals surface area contributed by atoms with Gasteiger partial charge in [-0.15, -0.1) is 6.58 Å². The second-order valence-corrected chi connectivity index (χ2v) is 28.1. The third-order valence-corrected chi connectivity index (χ3v) is 21.4. The molecule has 88 heavy (non-hydrogen) atoms.